The molecule has 0 bridgehead atoms. The number of aromatic nitrogens is 2. The molecule has 0 saturated carbocycles. The van der Waals surface area contributed by atoms with Crippen molar-refractivity contribution >= 4 is 45.0 Å². The van der Waals surface area contributed by atoms with Crippen LogP contribution < -0.4 is 10.0 Å². The van der Waals surface area contributed by atoms with Crippen molar-refractivity contribution in [2.75, 3.05) is 31.6 Å². The molecule has 3 amide bonds. The second kappa shape index (κ2) is 16.1. The van der Waals surface area contributed by atoms with Crippen LogP contribution in [0.5, 0.6) is 0 Å². The van der Waals surface area contributed by atoms with E-state index in [0.29, 0.717) is 38.2 Å². The molecule has 0 unspecified atom stereocenters. The minimum absolute atomic E-state index is 0.0200. The predicted octanol–water partition coefficient (Wildman–Crippen LogP) is 5.52. The topological polar surface area (TPSA) is 154 Å². The maximum atomic E-state index is 14.7. The Morgan fingerprint density at radius 2 is 1.72 bits per heavy atom. The first kappa shape index (κ1) is 38.0. The van der Waals surface area contributed by atoms with E-state index in [-0.39, 0.29) is 51.5 Å². The molecule has 0 aliphatic carbocycles. The van der Waals surface area contributed by atoms with Crippen LogP contribution in [0.25, 0.3) is 5.69 Å². The number of anilines is 1. The Bertz CT molecular complexity index is 2140. The first-order valence-corrected chi connectivity index (χ1v) is 19.9. The van der Waals surface area contributed by atoms with Crippen LogP contribution in [0, 0.1) is 6.92 Å². The number of nitrogens with one attached hydrogen (secondary N) is 2. The fraction of sp³-hybridized carbons (Fsp3) is 0.385. The van der Waals surface area contributed by atoms with Gasteiger partial charge in [0, 0.05) is 37.4 Å². The zero-order valence-corrected chi connectivity index (χ0v) is 31.8. The summed E-state index contributed by atoms with van der Waals surface area (Å²) in [6.45, 7) is 7.49. The standard InChI is InChI=1S/C39H45ClN6O6S/c1-4-6-18-44(19-7-5-2)39(50)36-35(40)25(3)46(42-36)34-15-12-28(37(48)43-53(51,52)31-13-14-33-27(21-31)16-17-41-33)22-32(34)38(49)45-23-29-11-9-8-10-26(29)20-30(45)24-47/h8-15,21-22,30,41,47H,4-7,16-20,23-24H2,1-3H3,(H,43,48)/t30-/m0/s1. The summed E-state index contributed by atoms with van der Waals surface area (Å²) in [5, 5.41) is 18.4. The summed E-state index contributed by atoms with van der Waals surface area (Å²) in [5.74, 6) is -1.76. The van der Waals surface area contributed by atoms with E-state index in [1.54, 1.807) is 28.9 Å². The Morgan fingerprint density at radius 3 is 2.42 bits per heavy atom. The summed E-state index contributed by atoms with van der Waals surface area (Å²) in [7, 11) is -4.26. The summed E-state index contributed by atoms with van der Waals surface area (Å²) in [6, 6.07) is 16.0. The van der Waals surface area contributed by atoms with Gasteiger partial charge in [-0.15, -0.1) is 0 Å². The van der Waals surface area contributed by atoms with Crippen molar-refractivity contribution in [3.63, 3.8) is 0 Å². The van der Waals surface area contributed by atoms with Gasteiger partial charge in [0.15, 0.2) is 5.69 Å². The van der Waals surface area contributed by atoms with E-state index in [9.17, 15) is 27.9 Å². The SMILES string of the molecule is CCCCN(CCCC)C(=O)c1nn(-c2ccc(C(=O)NS(=O)(=O)c3ccc4c(c3)CCN4)cc2C(=O)N2Cc3ccccc3C[C@H]2CO)c(C)c1Cl. The monoisotopic (exact) mass is 760 g/mol. The van der Waals surface area contributed by atoms with E-state index in [2.05, 4.69) is 29.0 Å². The molecule has 0 saturated heterocycles. The second-order valence-electron chi connectivity index (χ2n) is 13.6. The Morgan fingerprint density at radius 1 is 1.00 bits per heavy atom. The molecule has 53 heavy (non-hydrogen) atoms. The van der Waals surface area contributed by atoms with Gasteiger partial charge in [0.1, 0.15) is 0 Å². The number of halogens is 1. The molecule has 2 aliphatic heterocycles. The molecule has 12 nitrogen and oxygen atoms in total. The minimum atomic E-state index is -4.26. The minimum Gasteiger partial charge on any atom is -0.394 e. The molecule has 2 aliphatic rings. The smallest absolute Gasteiger partial charge is 0.275 e. The number of rotatable bonds is 13. The molecule has 3 aromatic carbocycles. The van der Waals surface area contributed by atoms with Gasteiger partial charge in [-0.05, 0) is 85.7 Å². The van der Waals surface area contributed by atoms with E-state index >= 15 is 0 Å². The number of amides is 3. The molecule has 4 aromatic rings. The molecule has 0 fully saturated rings. The van der Waals surface area contributed by atoms with Crippen LogP contribution in [0.15, 0.2) is 65.6 Å². The quantitative estimate of drug-likeness (QED) is 0.161. The number of aliphatic hydroxyl groups excluding tert-OH is 1. The Hall–Kier alpha value is -4.72. The van der Waals surface area contributed by atoms with Gasteiger partial charge in [-0.2, -0.15) is 5.10 Å². The van der Waals surface area contributed by atoms with Crippen molar-refractivity contribution in [2.45, 2.75) is 76.8 Å². The van der Waals surface area contributed by atoms with Crippen LogP contribution in [0.3, 0.4) is 0 Å². The first-order chi connectivity index (χ1) is 25.5. The van der Waals surface area contributed by atoms with E-state index < -0.39 is 27.9 Å². The highest BCUT2D eigenvalue weighted by Crippen LogP contribution is 2.31. The number of fused-ring (bicyclic) bond motifs is 2. The number of aliphatic hydroxyl groups is 1. The first-order valence-electron chi connectivity index (χ1n) is 18.1. The van der Waals surface area contributed by atoms with E-state index in [1.807, 2.05) is 24.3 Å². The van der Waals surface area contributed by atoms with Gasteiger partial charge in [0.25, 0.3) is 27.7 Å². The fourth-order valence-corrected chi connectivity index (χ4v) is 8.10. The number of nitrogens with zero attached hydrogens (tertiary/aromatic N) is 4. The Kier molecular flexibility index (Phi) is 11.6. The fourth-order valence-electron chi connectivity index (χ4n) is 6.88. The van der Waals surface area contributed by atoms with E-state index in [0.717, 1.165) is 48.1 Å². The van der Waals surface area contributed by atoms with Crippen LogP contribution in [0.1, 0.15) is 93.1 Å². The number of carbonyl (C=O) groups excluding carboxylic acids is 3. The molecule has 1 aromatic heterocycles. The number of hydrogen-bond donors (Lipinski definition) is 3. The molecule has 1 atom stereocenters. The van der Waals surface area contributed by atoms with E-state index in [4.69, 9.17) is 11.6 Å². The zero-order valence-electron chi connectivity index (χ0n) is 30.2. The molecule has 0 spiro atoms. The molecule has 14 heteroatoms. The maximum Gasteiger partial charge on any atom is 0.275 e. The van der Waals surface area contributed by atoms with Crippen molar-refractivity contribution in [1.29, 1.82) is 0 Å². The number of benzene rings is 3. The molecule has 6 rings (SSSR count). The van der Waals surface area contributed by atoms with Crippen molar-refractivity contribution in [2.24, 2.45) is 0 Å². The van der Waals surface area contributed by atoms with Crippen LogP contribution in [0.2, 0.25) is 5.02 Å². The predicted molar refractivity (Wildman–Crippen MR) is 203 cm³/mol. The van der Waals surface area contributed by atoms with Gasteiger partial charge in [-0.25, -0.2) is 17.8 Å². The summed E-state index contributed by atoms with van der Waals surface area (Å²) in [6.07, 6.45) is 4.53. The number of unbranched alkanes of at least 4 members (excludes halogenated alkanes) is 2. The average molecular weight is 761 g/mol. The lowest BCUT2D eigenvalue weighted by Crippen LogP contribution is -2.46. The highest BCUT2D eigenvalue weighted by Gasteiger charge is 2.33. The van der Waals surface area contributed by atoms with Crippen LogP contribution in [-0.4, -0.2) is 83.1 Å². The average Bonchev–Trinajstić information content (AvgIpc) is 3.76. The number of sulfonamides is 1. The summed E-state index contributed by atoms with van der Waals surface area (Å²) < 4.78 is 30.3. The van der Waals surface area contributed by atoms with Crippen LogP contribution in [0.4, 0.5) is 5.69 Å². The number of carbonyl (C=O) groups is 3. The van der Waals surface area contributed by atoms with E-state index in [1.165, 1.54) is 28.9 Å². The van der Waals surface area contributed by atoms with Crippen LogP contribution in [-0.2, 0) is 29.4 Å². The normalized spacial score (nSPS) is 15.0. The van der Waals surface area contributed by atoms with Crippen LogP contribution >= 0.6 is 11.6 Å². The van der Waals surface area contributed by atoms with Gasteiger partial charge in [0.05, 0.1) is 39.5 Å². The molecule has 3 N–H and O–H groups in total. The molecule has 0 radical (unpaired) electrons. The highest BCUT2D eigenvalue weighted by atomic mass is 35.5. The Labute approximate surface area is 315 Å². The van der Waals surface area contributed by atoms with Crippen molar-refractivity contribution < 1.29 is 27.9 Å². The van der Waals surface area contributed by atoms with Gasteiger partial charge in [-0.3, -0.25) is 14.4 Å². The summed E-state index contributed by atoms with van der Waals surface area (Å²) >= 11 is 6.81. The van der Waals surface area contributed by atoms with Crippen molar-refractivity contribution in [3.8, 4) is 5.69 Å². The van der Waals surface area contributed by atoms with Gasteiger partial charge in [0.2, 0.25) is 0 Å². The lowest BCUT2D eigenvalue weighted by Gasteiger charge is -2.36. The molecule has 280 valence electrons. The van der Waals surface area contributed by atoms with Gasteiger partial charge < -0.3 is 20.2 Å². The molecule has 3 heterocycles. The third-order valence-corrected chi connectivity index (χ3v) is 11.7. The summed E-state index contributed by atoms with van der Waals surface area (Å²) in [4.78, 5) is 45.4. The van der Waals surface area contributed by atoms with Crippen molar-refractivity contribution in [1.82, 2.24) is 24.3 Å². The lowest BCUT2D eigenvalue weighted by molar-refractivity contribution is 0.0544. The third-order valence-electron chi connectivity index (χ3n) is 9.96. The largest absolute Gasteiger partial charge is 0.394 e. The molecular weight excluding hydrogens is 716 g/mol. The molecular formula is C39H45ClN6O6S. The van der Waals surface area contributed by atoms with Gasteiger partial charge >= 0.3 is 0 Å². The Balaban J connectivity index is 1.40. The second-order valence-corrected chi connectivity index (χ2v) is 15.6. The zero-order chi connectivity index (χ0) is 37.9. The number of hydrogen-bond acceptors (Lipinski definition) is 8. The maximum absolute atomic E-state index is 14.7. The summed E-state index contributed by atoms with van der Waals surface area (Å²) in [5.41, 5.74) is 4.25. The highest BCUT2D eigenvalue weighted by molar-refractivity contribution is 7.90. The lowest BCUT2D eigenvalue weighted by atomic mass is 9.93. The van der Waals surface area contributed by atoms with Crippen molar-refractivity contribution in [3.05, 3.63) is 105 Å². The van der Waals surface area contributed by atoms with Gasteiger partial charge in [-0.1, -0.05) is 62.6 Å². The third kappa shape index (κ3) is 7.83.